The summed E-state index contributed by atoms with van der Waals surface area (Å²) in [6.07, 6.45) is 0.974. The van der Waals surface area contributed by atoms with Crippen molar-refractivity contribution in [2.45, 2.75) is 33.1 Å². The molecule has 0 radical (unpaired) electrons. The Morgan fingerprint density at radius 3 is 2.44 bits per heavy atom. The minimum absolute atomic E-state index is 0.213. The lowest BCUT2D eigenvalue weighted by molar-refractivity contribution is 0.181. The maximum atomic E-state index is 5.18. The van der Waals surface area contributed by atoms with Gasteiger partial charge in [0, 0.05) is 20.1 Å². The molecule has 1 aromatic heterocycles. The van der Waals surface area contributed by atoms with Gasteiger partial charge >= 0.3 is 0 Å². The van der Waals surface area contributed by atoms with Gasteiger partial charge in [0.2, 0.25) is 0 Å². The van der Waals surface area contributed by atoms with Gasteiger partial charge in [-0.05, 0) is 34.9 Å². The number of aromatic nitrogens is 2. The quantitative estimate of drug-likeness (QED) is 0.790. The summed E-state index contributed by atoms with van der Waals surface area (Å²) in [5.41, 5.74) is 1.13. The van der Waals surface area contributed by atoms with Crippen LogP contribution in [0.2, 0.25) is 0 Å². The number of ether oxygens (including phenoxy) is 1. The van der Waals surface area contributed by atoms with Crippen LogP contribution < -0.4 is 5.32 Å². The van der Waals surface area contributed by atoms with E-state index in [0.29, 0.717) is 12.5 Å². The van der Waals surface area contributed by atoms with Gasteiger partial charge in [-0.25, -0.2) is 9.97 Å². The summed E-state index contributed by atoms with van der Waals surface area (Å²) in [6.45, 7) is 7.14. The van der Waals surface area contributed by atoms with Crippen LogP contribution in [-0.2, 0) is 11.2 Å². The molecule has 0 bridgehead atoms. The highest BCUT2D eigenvalue weighted by Gasteiger charge is 2.16. The van der Waals surface area contributed by atoms with Crippen molar-refractivity contribution in [1.82, 2.24) is 9.97 Å². The first-order valence-electron chi connectivity index (χ1n) is 6.22. The highest BCUT2D eigenvalue weighted by molar-refractivity contribution is 14.1. The molecule has 0 amide bonds. The molecular formula is C13H22IN3O. The zero-order valence-electron chi connectivity index (χ0n) is 11.7. The Balaban J connectivity index is 3.12. The molecule has 0 saturated carbocycles. The second-order valence-corrected chi connectivity index (χ2v) is 5.97. The lowest BCUT2D eigenvalue weighted by atomic mass is 10.1. The summed E-state index contributed by atoms with van der Waals surface area (Å²) in [5, 5.41) is 3.15. The summed E-state index contributed by atoms with van der Waals surface area (Å²) < 4.78 is 6.30. The van der Waals surface area contributed by atoms with Crippen molar-refractivity contribution in [1.29, 1.82) is 0 Å². The third kappa shape index (κ3) is 4.05. The van der Waals surface area contributed by atoms with Gasteiger partial charge in [-0.1, -0.05) is 20.8 Å². The minimum Gasteiger partial charge on any atom is -0.384 e. The first kappa shape index (κ1) is 15.6. The second kappa shape index (κ2) is 7.23. The van der Waals surface area contributed by atoms with Crippen molar-refractivity contribution >= 4 is 28.4 Å². The largest absolute Gasteiger partial charge is 0.384 e. The van der Waals surface area contributed by atoms with Crippen LogP contribution in [0.15, 0.2) is 0 Å². The molecule has 5 heteroatoms. The molecule has 0 aliphatic heterocycles. The summed E-state index contributed by atoms with van der Waals surface area (Å²) in [5.74, 6) is 2.57. The highest BCUT2D eigenvalue weighted by Crippen LogP contribution is 2.24. The van der Waals surface area contributed by atoms with E-state index < -0.39 is 0 Å². The van der Waals surface area contributed by atoms with E-state index in [1.165, 1.54) is 0 Å². The Morgan fingerprint density at radius 2 is 1.94 bits per heavy atom. The highest BCUT2D eigenvalue weighted by atomic mass is 127. The van der Waals surface area contributed by atoms with Crippen LogP contribution in [0.5, 0.6) is 0 Å². The Kier molecular flexibility index (Phi) is 6.28. The van der Waals surface area contributed by atoms with Crippen LogP contribution >= 0.6 is 22.6 Å². The first-order chi connectivity index (χ1) is 8.49. The Hall–Kier alpha value is -0.430. The van der Waals surface area contributed by atoms with E-state index in [1.54, 1.807) is 7.11 Å². The number of halogens is 1. The number of methoxy groups -OCH3 is 1. The van der Waals surface area contributed by atoms with Gasteiger partial charge in [0.25, 0.3) is 0 Å². The van der Waals surface area contributed by atoms with Gasteiger partial charge in [0.1, 0.15) is 11.6 Å². The smallest absolute Gasteiger partial charge is 0.143 e. The third-order valence-electron chi connectivity index (χ3n) is 2.63. The zero-order chi connectivity index (χ0) is 13.7. The summed E-state index contributed by atoms with van der Waals surface area (Å²) >= 11 is 2.32. The van der Waals surface area contributed by atoms with E-state index >= 15 is 0 Å². The van der Waals surface area contributed by atoms with E-state index in [4.69, 9.17) is 9.72 Å². The molecule has 4 nitrogen and oxygen atoms in total. The summed E-state index contributed by atoms with van der Waals surface area (Å²) in [4.78, 5) is 9.27. The molecule has 1 N–H and O–H groups in total. The van der Waals surface area contributed by atoms with E-state index in [1.807, 2.05) is 7.05 Å². The molecule has 102 valence electrons. The Bertz CT molecular complexity index is 396. The fraction of sp³-hybridized carbons (Fsp3) is 0.692. The van der Waals surface area contributed by atoms with E-state index in [9.17, 15) is 0 Å². The number of anilines is 1. The molecule has 1 heterocycles. The van der Waals surface area contributed by atoms with Crippen LogP contribution in [0.1, 0.15) is 38.2 Å². The molecule has 0 aliphatic rings. The van der Waals surface area contributed by atoms with Crippen molar-refractivity contribution in [3.63, 3.8) is 0 Å². The topological polar surface area (TPSA) is 47.0 Å². The lowest BCUT2D eigenvalue weighted by Gasteiger charge is -2.15. The summed E-state index contributed by atoms with van der Waals surface area (Å²) in [7, 11) is 3.60. The van der Waals surface area contributed by atoms with E-state index in [2.05, 4.69) is 53.7 Å². The third-order valence-corrected chi connectivity index (χ3v) is 3.77. The van der Waals surface area contributed by atoms with E-state index in [0.717, 1.165) is 27.3 Å². The van der Waals surface area contributed by atoms with Gasteiger partial charge in [-0.3, -0.25) is 0 Å². The van der Waals surface area contributed by atoms with Crippen molar-refractivity contribution in [2.75, 3.05) is 26.1 Å². The molecule has 0 fully saturated rings. The number of nitrogens with one attached hydrogen (secondary N) is 1. The minimum atomic E-state index is 0.213. The van der Waals surface area contributed by atoms with E-state index in [-0.39, 0.29) is 5.92 Å². The van der Waals surface area contributed by atoms with Gasteiger partial charge in [0.05, 0.1) is 15.9 Å². The standard InChI is InChI=1S/C13H22IN3O/c1-8(2)6-10-11(14)13(15-4)17-12(16-10)9(3)7-18-5/h8-9H,6-7H2,1-5H3,(H,15,16,17). The second-order valence-electron chi connectivity index (χ2n) is 4.90. The molecule has 0 spiro atoms. The molecule has 1 atom stereocenters. The van der Waals surface area contributed by atoms with Crippen molar-refractivity contribution < 1.29 is 4.74 Å². The Morgan fingerprint density at radius 1 is 1.28 bits per heavy atom. The molecule has 18 heavy (non-hydrogen) atoms. The lowest BCUT2D eigenvalue weighted by Crippen LogP contribution is -2.13. The average molecular weight is 363 g/mol. The van der Waals surface area contributed by atoms with Gasteiger partial charge in [-0.2, -0.15) is 0 Å². The maximum Gasteiger partial charge on any atom is 0.143 e. The first-order valence-corrected chi connectivity index (χ1v) is 7.30. The molecule has 1 aromatic rings. The molecule has 1 rings (SSSR count). The molecule has 0 aromatic carbocycles. The number of hydrogen-bond acceptors (Lipinski definition) is 4. The fourth-order valence-electron chi connectivity index (χ4n) is 1.75. The molecular weight excluding hydrogens is 341 g/mol. The van der Waals surface area contributed by atoms with Gasteiger partial charge in [-0.15, -0.1) is 0 Å². The van der Waals surface area contributed by atoms with Crippen LogP contribution in [0, 0.1) is 9.49 Å². The molecule has 1 unspecified atom stereocenters. The molecule has 0 saturated heterocycles. The normalized spacial score (nSPS) is 12.8. The van der Waals surface area contributed by atoms with Crippen LogP contribution in [-0.4, -0.2) is 30.7 Å². The molecule has 0 aliphatic carbocycles. The SMILES string of the molecule is CNc1nc(C(C)COC)nc(CC(C)C)c1I. The van der Waals surface area contributed by atoms with Crippen LogP contribution in [0.25, 0.3) is 0 Å². The Labute approximate surface area is 123 Å². The van der Waals surface area contributed by atoms with Crippen molar-refractivity contribution in [3.05, 3.63) is 15.1 Å². The number of nitrogens with zero attached hydrogens (tertiary/aromatic N) is 2. The van der Waals surface area contributed by atoms with Crippen molar-refractivity contribution in [2.24, 2.45) is 5.92 Å². The predicted octanol–water partition coefficient (Wildman–Crippen LogP) is 3.07. The zero-order valence-corrected chi connectivity index (χ0v) is 13.9. The fourth-order valence-corrected chi connectivity index (χ4v) is 2.48. The average Bonchev–Trinajstić information content (AvgIpc) is 2.31. The van der Waals surface area contributed by atoms with Crippen LogP contribution in [0.4, 0.5) is 5.82 Å². The maximum absolute atomic E-state index is 5.18. The van der Waals surface area contributed by atoms with Gasteiger partial charge in [0.15, 0.2) is 0 Å². The number of hydrogen-bond donors (Lipinski definition) is 1. The van der Waals surface area contributed by atoms with Gasteiger partial charge < -0.3 is 10.1 Å². The van der Waals surface area contributed by atoms with Crippen molar-refractivity contribution in [3.8, 4) is 0 Å². The predicted molar refractivity (Wildman–Crippen MR) is 83.1 cm³/mol. The number of rotatable bonds is 6. The monoisotopic (exact) mass is 363 g/mol. The summed E-state index contributed by atoms with van der Waals surface area (Å²) in [6, 6.07) is 0. The van der Waals surface area contributed by atoms with Crippen LogP contribution in [0.3, 0.4) is 0 Å².